The van der Waals surface area contributed by atoms with E-state index in [1.54, 1.807) is 23.1 Å². The fourth-order valence-corrected chi connectivity index (χ4v) is 3.83. The summed E-state index contributed by atoms with van der Waals surface area (Å²) in [5.74, 6) is 0.0196. The molecule has 1 aliphatic heterocycles. The third kappa shape index (κ3) is 5.79. The Kier molecular flexibility index (Phi) is 7.64. The lowest BCUT2D eigenvalue weighted by Crippen LogP contribution is -2.43. The second kappa shape index (κ2) is 11.0. The second-order valence-electron chi connectivity index (χ2n) is 7.72. The lowest BCUT2D eigenvalue weighted by Gasteiger charge is -2.27. The number of carbonyl (C=O) groups is 2. The molecule has 10 nitrogen and oxygen atoms in total. The van der Waals surface area contributed by atoms with Crippen molar-refractivity contribution in [3.8, 4) is 0 Å². The van der Waals surface area contributed by atoms with E-state index in [1.807, 2.05) is 42.2 Å². The van der Waals surface area contributed by atoms with Gasteiger partial charge in [-0.25, -0.2) is 9.78 Å². The Hall–Kier alpha value is -3.89. The summed E-state index contributed by atoms with van der Waals surface area (Å²) in [5, 5.41) is 6.35. The molecule has 1 aliphatic rings. The van der Waals surface area contributed by atoms with Crippen molar-refractivity contribution in [3.05, 3.63) is 65.3 Å². The van der Waals surface area contributed by atoms with E-state index in [4.69, 9.17) is 22.1 Å². The molecule has 11 heteroatoms. The summed E-state index contributed by atoms with van der Waals surface area (Å²) in [6.07, 6.45) is 1.40. The van der Waals surface area contributed by atoms with Gasteiger partial charge in [0.05, 0.1) is 23.9 Å². The Bertz CT molecular complexity index is 1200. The topological polar surface area (TPSA) is 126 Å². The molecule has 4 N–H and O–H groups in total. The van der Waals surface area contributed by atoms with E-state index in [9.17, 15) is 9.59 Å². The number of rotatable bonds is 7. The number of hydrogen-bond acceptors (Lipinski definition) is 7. The molecule has 0 aliphatic carbocycles. The van der Waals surface area contributed by atoms with Crippen LogP contribution in [0.2, 0.25) is 5.02 Å². The summed E-state index contributed by atoms with van der Waals surface area (Å²) < 4.78 is 5.29. The first-order valence-corrected chi connectivity index (χ1v) is 11.5. The van der Waals surface area contributed by atoms with Gasteiger partial charge in [0.2, 0.25) is 5.95 Å². The third-order valence-corrected chi connectivity index (χ3v) is 5.77. The van der Waals surface area contributed by atoms with Crippen LogP contribution in [0.15, 0.2) is 54.7 Å². The molecule has 1 fully saturated rings. The predicted octanol–water partition coefficient (Wildman–Crippen LogP) is 3.99. The van der Waals surface area contributed by atoms with Crippen LogP contribution in [0.5, 0.6) is 0 Å². The minimum Gasteiger partial charge on any atom is -0.378 e. The van der Waals surface area contributed by atoms with E-state index in [0.717, 1.165) is 5.69 Å². The Balaban J connectivity index is 1.59. The summed E-state index contributed by atoms with van der Waals surface area (Å²) in [6.45, 7) is 4.54. The number of anilines is 5. The molecule has 3 amide bonds. The van der Waals surface area contributed by atoms with Crippen molar-refractivity contribution in [1.82, 2.24) is 14.9 Å². The fraction of sp³-hybridized carbons (Fsp3) is 0.250. The van der Waals surface area contributed by atoms with Gasteiger partial charge in [0, 0.05) is 37.2 Å². The molecule has 182 valence electrons. The second-order valence-corrected chi connectivity index (χ2v) is 8.13. The lowest BCUT2D eigenvalue weighted by atomic mass is 10.2. The van der Waals surface area contributed by atoms with E-state index >= 15 is 0 Å². The molecule has 2 aromatic carbocycles. The number of ether oxygens (including phenoxy) is 1. The van der Waals surface area contributed by atoms with Crippen molar-refractivity contribution in [2.45, 2.75) is 6.92 Å². The maximum Gasteiger partial charge on any atom is 0.322 e. The number of nitrogens with one attached hydrogen (secondary N) is 2. The summed E-state index contributed by atoms with van der Waals surface area (Å²) >= 11 is 6.32. The number of nitrogens with zero attached hydrogens (tertiary/aromatic N) is 4. The number of halogens is 1. The van der Waals surface area contributed by atoms with Crippen LogP contribution in [0.3, 0.4) is 0 Å². The van der Waals surface area contributed by atoms with Gasteiger partial charge in [-0.1, -0.05) is 29.8 Å². The van der Waals surface area contributed by atoms with Crippen molar-refractivity contribution in [2.75, 3.05) is 48.4 Å². The number of nitrogens with two attached hydrogens (primary N) is 1. The zero-order chi connectivity index (χ0) is 24.8. The summed E-state index contributed by atoms with van der Waals surface area (Å²) in [7, 11) is 0. The maximum atomic E-state index is 12.6. The number of amides is 3. The lowest BCUT2D eigenvalue weighted by molar-refractivity contribution is 0.0564. The SMILES string of the molecule is CCN(c1ccccc1)c1nc(Nc2ccc(Cl)c(NC(=O)N3CCOCC3)c2)ncc1C(N)=O. The molecule has 0 unspecified atom stereocenters. The molecule has 0 spiro atoms. The first-order chi connectivity index (χ1) is 17.0. The van der Waals surface area contributed by atoms with Crippen LogP contribution in [-0.4, -0.2) is 59.7 Å². The highest BCUT2D eigenvalue weighted by Crippen LogP contribution is 2.30. The van der Waals surface area contributed by atoms with Crippen LogP contribution in [0, 0.1) is 0 Å². The van der Waals surface area contributed by atoms with Crippen LogP contribution in [0.1, 0.15) is 17.3 Å². The van der Waals surface area contributed by atoms with E-state index in [0.29, 0.717) is 55.1 Å². The number of urea groups is 1. The highest BCUT2D eigenvalue weighted by molar-refractivity contribution is 6.33. The average molecular weight is 496 g/mol. The minimum absolute atomic E-state index is 0.204. The third-order valence-electron chi connectivity index (χ3n) is 5.44. The van der Waals surface area contributed by atoms with Crippen molar-refractivity contribution in [1.29, 1.82) is 0 Å². The molecule has 0 bridgehead atoms. The molecule has 3 aromatic rings. The Morgan fingerprint density at radius 3 is 2.60 bits per heavy atom. The van der Waals surface area contributed by atoms with E-state index in [2.05, 4.69) is 20.6 Å². The molecule has 0 saturated carbocycles. The number of aromatic nitrogens is 2. The van der Waals surface area contributed by atoms with E-state index in [-0.39, 0.29) is 17.5 Å². The standard InChI is InChI=1S/C24H26ClN7O3/c1-2-32(17-6-4-3-5-7-17)22-18(21(26)33)15-27-23(30-22)28-16-8-9-19(25)20(14-16)29-24(34)31-10-12-35-13-11-31/h3-9,14-15H,2,10-13H2,1H3,(H2,26,33)(H,29,34)(H,27,28,30). The highest BCUT2D eigenvalue weighted by atomic mass is 35.5. The van der Waals surface area contributed by atoms with Gasteiger partial charge < -0.3 is 30.9 Å². The average Bonchev–Trinajstić information content (AvgIpc) is 2.87. The van der Waals surface area contributed by atoms with Crippen LogP contribution in [-0.2, 0) is 4.74 Å². The van der Waals surface area contributed by atoms with Crippen molar-refractivity contribution in [2.24, 2.45) is 5.73 Å². The van der Waals surface area contributed by atoms with E-state index < -0.39 is 5.91 Å². The van der Waals surface area contributed by atoms with Gasteiger partial charge >= 0.3 is 6.03 Å². The van der Waals surface area contributed by atoms with Crippen molar-refractivity contribution in [3.63, 3.8) is 0 Å². The minimum atomic E-state index is -0.625. The molecular formula is C24H26ClN7O3. The first-order valence-electron chi connectivity index (χ1n) is 11.2. The zero-order valence-electron chi connectivity index (χ0n) is 19.2. The molecule has 2 heterocycles. The maximum absolute atomic E-state index is 12.6. The number of carbonyl (C=O) groups excluding carboxylic acids is 2. The van der Waals surface area contributed by atoms with Crippen LogP contribution in [0.25, 0.3) is 0 Å². The van der Waals surface area contributed by atoms with Crippen molar-refractivity contribution >= 4 is 52.4 Å². The predicted molar refractivity (Wildman–Crippen MR) is 136 cm³/mol. The van der Waals surface area contributed by atoms with Crippen LogP contribution in [0.4, 0.5) is 33.6 Å². The molecule has 0 atom stereocenters. The van der Waals surface area contributed by atoms with E-state index in [1.165, 1.54) is 6.20 Å². The van der Waals surface area contributed by atoms with Gasteiger partial charge in [0.1, 0.15) is 5.56 Å². The number of primary amides is 1. The number of benzene rings is 2. The van der Waals surface area contributed by atoms with Gasteiger partial charge in [-0.05, 0) is 37.3 Å². The Morgan fingerprint density at radius 1 is 1.17 bits per heavy atom. The van der Waals surface area contributed by atoms with Gasteiger partial charge in [-0.3, -0.25) is 4.79 Å². The molecule has 4 rings (SSSR count). The summed E-state index contributed by atoms with van der Waals surface area (Å²) in [4.78, 5) is 37.1. The number of morpholine rings is 1. The molecular weight excluding hydrogens is 470 g/mol. The monoisotopic (exact) mass is 495 g/mol. The van der Waals surface area contributed by atoms with Crippen LogP contribution < -0.4 is 21.3 Å². The summed E-state index contributed by atoms with van der Waals surface area (Å²) in [5.41, 5.74) is 7.72. The number of para-hydroxylation sites is 1. The molecule has 0 radical (unpaired) electrons. The Labute approximate surface area is 208 Å². The summed E-state index contributed by atoms with van der Waals surface area (Å²) in [6, 6.07) is 14.4. The molecule has 1 saturated heterocycles. The van der Waals surface area contributed by atoms with Gasteiger partial charge in [0.15, 0.2) is 5.82 Å². The largest absolute Gasteiger partial charge is 0.378 e. The first kappa shape index (κ1) is 24.2. The Morgan fingerprint density at radius 2 is 1.91 bits per heavy atom. The zero-order valence-corrected chi connectivity index (χ0v) is 20.0. The number of hydrogen-bond donors (Lipinski definition) is 3. The van der Waals surface area contributed by atoms with Gasteiger partial charge in [-0.2, -0.15) is 4.98 Å². The normalized spacial score (nSPS) is 13.3. The molecule has 35 heavy (non-hydrogen) atoms. The smallest absolute Gasteiger partial charge is 0.322 e. The van der Waals surface area contributed by atoms with Crippen molar-refractivity contribution < 1.29 is 14.3 Å². The van der Waals surface area contributed by atoms with Gasteiger partial charge in [0.25, 0.3) is 5.91 Å². The fourth-order valence-electron chi connectivity index (χ4n) is 3.66. The highest BCUT2D eigenvalue weighted by Gasteiger charge is 2.20. The van der Waals surface area contributed by atoms with Gasteiger partial charge in [-0.15, -0.1) is 0 Å². The quantitative estimate of drug-likeness (QED) is 0.452. The molecule has 1 aromatic heterocycles. The van der Waals surface area contributed by atoms with Crippen LogP contribution >= 0.6 is 11.6 Å².